The molecule has 27 heavy (non-hydrogen) atoms. The Hall–Kier alpha value is -3.29. The molecule has 1 heterocycles. The highest BCUT2D eigenvalue weighted by atomic mass is 19.3. The minimum absolute atomic E-state index is 0.00198. The number of nitrogens with zero attached hydrogens (tertiary/aromatic N) is 3. The maximum absolute atomic E-state index is 12.4. The van der Waals surface area contributed by atoms with Gasteiger partial charge in [-0.3, -0.25) is 4.79 Å². The molecule has 0 atom stereocenters. The van der Waals surface area contributed by atoms with E-state index in [-0.39, 0.29) is 11.6 Å². The zero-order valence-corrected chi connectivity index (χ0v) is 14.8. The van der Waals surface area contributed by atoms with Crippen LogP contribution in [0.2, 0.25) is 0 Å². The number of benzene rings is 2. The van der Waals surface area contributed by atoms with Crippen molar-refractivity contribution in [1.82, 2.24) is 14.8 Å². The quantitative estimate of drug-likeness (QED) is 0.703. The van der Waals surface area contributed by atoms with Gasteiger partial charge in [0.15, 0.2) is 0 Å². The van der Waals surface area contributed by atoms with Crippen LogP contribution in [0.3, 0.4) is 0 Å². The van der Waals surface area contributed by atoms with Gasteiger partial charge in [-0.05, 0) is 47.9 Å². The molecule has 8 heteroatoms. The molecule has 0 bridgehead atoms. The van der Waals surface area contributed by atoms with Crippen LogP contribution in [0, 0.1) is 0 Å². The number of carbonyl (C=O) groups excluding carboxylic acids is 1. The van der Waals surface area contributed by atoms with Crippen LogP contribution in [0.1, 0.15) is 35.9 Å². The molecular formula is C19H18F2N4O2. The van der Waals surface area contributed by atoms with E-state index in [0.29, 0.717) is 17.3 Å². The van der Waals surface area contributed by atoms with E-state index in [1.54, 1.807) is 18.2 Å². The lowest BCUT2D eigenvalue weighted by Gasteiger charge is -2.08. The van der Waals surface area contributed by atoms with Gasteiger partial charge in [-0.15, -0.1) is 5.10 Å². The summed E-state index contributed by atoms with van der Waals surface area (Å²) < 4.78 is 30.1. The smallest absolute Gasteiger partial charge is 0.387 e. The van der Waals surface area contributed by atoms with E-state index in [4.69, 9.17) is 0 Å². The molecule has 0 saturated heterocycles. The minimum atomic E-state index is -2.88. The lowest BCUT2D eigenvalue weighted by atomic mass is 10.0. The topological polar surface area (TPSA) is 69.0 Å². The van der Waals surface area contributed by atoms with E-state index in [1.807, 2.05) is 18.2 Å². The zero-order chi connectivity index (χ0) is 19.4. The van der Waals surface area contributed by atoms with Gasteiger partial charge in [0.1, 0.15) is 12.1 Å². The molecular weight excluding hydrogens is 354 g/mol. The minimum Gasteiger partial charge on any atom is -0.435 e. The molecule has 1 aromatic heterocycles. The molecule has 3 aromatic rings. The second-order valence-electron chi connectivity index (χ2n) is 6.12. The maximum atomic E-state index is 12.4. The fourth-order valence-electron chi connectivity index (χ4n) is 2.43. The third-order valence-electron chi connectivity index (χ3n) is 3.83. The number of ether oxygens (including phenoxy) is 1. The van der Waals surface area contributed by atoms with Crippen LogP contribution in [0.5, 0.6) is 5.75 Å². The van der Waals surface area contributed by atoms with Gasteiger partial charge >= 0.3 is 6.61 Å². The van der Waals surface area contributed by atoms with Gasteiger partial charge in [-0.1, -0.05) is 26.0 Å². The molecule has 0 saturated carbocycles. The summed E-state index contributed by atoms with van der Waals surface area (Å²) in [4.78, 5) is 16.4. The zero-order valence-electron chi connectivity index (χ0n) is 14.8. The number of carbonyl (C=O) groups is 1. The predicted octanol–water partition coefficient (Wildman–Crippen LogP) is 4.24. The molecule has 0 unspecified atom stereocenters. The van der Waals surface area contributed by atoms with Gasteiger partial charge in [-0.2, -0.15) is 8.78 Å². The van der Waals surface area contributed by atoms with Crippen molar-refractivity contribution in [2.45, 2.75) is 26.4 Å². The molecule has 3 rings (SSSR count). The summed E-state index contributed by atoms with van der Waals surface area (Å²) in [6.45, 7) is 1.26. The number of hydrogen-bond acceptors (Lipinski definition) is 4. The molecule has 1 N–H and O–H groups in total. The van der Waals surface area contributed by atoms with Crippen LogP contribution >= 0.6 is 0 Å². The third kappa shape index (κ3) is 4.66. The maximum Gasteiger partial charge on any atom is 0.387 e. The summed E-state index contributed by atoms with van der Waals surface area (Å²) in [5.41, 5.74) is 2.33. The Kier molecular flexibility index (Phi) is 5.44. The number of aromatic nitrogens is 3. The van der Waals surface area contributed by atoms with Gasteiger partial charge in [0.25, 0.3) is 5.91 Å². The molecule has 0 aliphatic rings. The average molecular weight is 372 g/mol. The first-order valence-electron chi connectivity index (χ1n) is 8.30. The fraction of sp³-hybridized carbons (Fsp3) is 0.211. The molecule has 6 nitrogen and oxygen atoms in total. The van der Waals surface area contributed by atoms with E-state index in [1.165, 1.54) is 23.1 Å². The number of nitrogens with one attached hydrogen (secondary N) is 1. The van der Waals surface area contributed by atoms with Gasteiger partial charge in [-0.25, -0.2) is 9.67 Å². The molecule has 0 aliphatic heterocycles. The number of amides is 1. The van der Waals surface area contributed by atoms with E-state index in [9.17, 15) is 13.6 Å². The van der Waals surface area contributed by atoms with Crippen LogP contribution in [-0.2, 0) is 0 Å². The average Bonchev–Trinajstić information content (AvgIpc) is 3.12. The SMILES string of the molecule is CC(C)c1cccc(NC(=O)c2ncn(-c3ccc(OC(F)F)cc3)n2)c1. The predicted molar refractivity (Wildman–Crippen MR) is 96.5 cm³/mol. The molecule has 1 amide bonds. The monoisotopic (exact) mass is 372 g/mol. The van der Waals surface area contributed by atoms with Gasteiger partial charge in [0.05, 0.1) is 5.69 Å². The normalized spacial score (nSPS) is 11.0. The summed E-state index contributed by atoms with van der Waals surface area (Å²) in [6.07, 6.45) is 1.38. The van der Waals surface area contributed by atoms with Crippen molar-refractivity contribution in [2.24, 2.45) is 0 Å². The van der Waals surface area contributed by atoms with Gasteiger partial charge in [0.2, 0.25) is 5.82 Å². The lowest BCUT2D eigenvalue weighted by Crippen LogP contribution is -2.14. The number of alkyl halides is 2. The van der Waals surface area contributed by atoms with Crippen LogP contribution < -0.4 is 10.1 Å². The number of rotatable bonds is 6. The number of hydrogen-bond donors (Lipinski definition) is 1. The first kappa shape index (κ1) is 18.5. The van der Waals surface area contributed by atoms with Crippen molar-refractivity contribution < 1.29 is 18.3 Å². The molecule has 0 radical (unpaired) electrons. The van der Waals surface area contributed by atoms with E-state index in [0.717, 1.165) is 5.56 Å². The van der Waals surface area contributed by atoms with Crippen molar-refractivity contribution in [1.29, 1.82) is 0 Å². The molecule has 2 aromatic carbocycles. The van der Waals surface area contributed by atoms with Crippen LogP contribution in [-0.4, -0.2) is 27.3 Å². The Bertz CT molecular complexity index is 923. The Morgan fingerprint density at radius 1 is 1.15 bits per heavy atom. The Labute approximate surface area is 154 Å². The standard InChI is InChI=1S/C19H18F2N4O2/c1-12(2)13-4-3-5-14(10-13)23-18(26)17-22-11-25(24-17)15-6-8-16(9-7-15)27-19(20)21/h3-12,19H,1-2H3,(H,23,26). The highest BCUT2D eigenvalue weighted by Gasteiger charge is 2.13. The highest BCUT2D eigenvalue weighted by Crippen LogP contribution is 2.19. The molecule has 140 valence electrons. The second-order valence-corrected chi connectivity index (χ2v) is 6.12. The summed E-state index contributed by atoms with van der Waals surface area (Å²) in [6, 6.07) is 13.4. The van der Waals surface area contributed by atoms with E-state index >= 15 is 0 Å². The number of halogens is 2. The van der Waals surface area contributed by atoms with Gasteiger partial charge in [0, 0.05) is 5.69 Å². The first-order chi connectivity index (χ1) is 12.9. The van der Waals surface area contributed by atoms with Crippen molar-refractivity contribution in [2.75, 3.05) is 5.32 Å². The van der Waals surface area contributed by atoms with Crippen molar-refractivity contribution in [3.05, 3.63) is 66.2 Å². The fourth-order valence-corrected chi connectivity index (χ4v) is 2.43. The Balaban J connectivity index is 1.71. The van der Waals surface area contributed by atoms with E-state index in [2.05, 4.69) is 34.0 Å². The van der Waals surface area contributed by atoms with Crippen LogP contribution in [0.25, 0.3) is 5.69 Å². The van der Waals surface area contributed by atoms with Crippen molar-refractivity contribution >= 4 is 11.6 Å². The summed E-state index contributed by atoms with van der Waals surface area (Å²) in [7, 11) is 0. The largest absolute Gasteiger partial charge is 0.435 e. The van der Waals surface area contributed by atoms with Crippen molar-refractivity contribution in [3.8, 4) is 11.4 Å². The number of anilines is 1. The van der Waals surface area contributed by atoms with Crippen LogP contribution in [0.4, 0.5) is 14.5 Å². The van der Waals surface area contributed by atoms with Gasteiger partial charge < -0.3 is 10.1 Å². The molecule has 0 spiro atoms. The first-order valence-corrected chi connectivity index (χ1v) is 8.30. The van der Waals surface area contributed by atoms with Crippen molar-refractivity contribution in [3.63, 3.8) is 0 Å². The van der Waals surface area contributed by atoms with Crippen LogP contribution in [0.15, 0.2) is 54.9 Å². The Morgan fingerprint density at radius 2 is 1.89 bits per heavy atom. The summed E-state index contributed by atoms with van der Waals surface area (Å²) >= 11 is 0. The molecule has 0 fully saturated rings. The highest BCUT2D eigenvalue weighted by molar-refractivity contribution is 6.01. The Morgan fingerprint density at radius 3 is 2.56 bits per heavy atom. The second kappa shape index (κ2) is 7.94. The molecule has 0 aliphatic carbocycles. The summed E-state index contributed by atoms with van der Waals surface area (Å²) in [5.74, 6) is -0.0572. The lowest BCUT2D eigenvalue weighted by molar-refractivity contribution is -0.0498. The van der Waals surface area contributed by atoms with E-state index < -0.39 is 12.5 Å². The summed E-state index contributed by atoms with van der Waals surface area (Å²) in [5, 5.41) is 6.90. The third-order valence-corrected chi connectivity index (χ3v) is 3.83.